The Morgan fingerprint density at radius 3 is 3.06 bits per heavy atom. The molecule has 2 heterocycles. The lowest BCUT2D eigenvalue weighted by atomic mass is 10.00. The molecule has 1 aliphatic rings. The molecule has 0 atom stereocenters. The maximum atomic E-state index is 11.5. The van der Waals surface area contributed by atoms with Crippen LogP contribution in [0.25, 0.3) is 10.9 Å². The van der Waals surface area contributed by atoms with Crippen molar-refractivity contribution < 1.29 is 9.90 Å². The molecule has 18 heavy (non-hydrogen) atoms. The number of pyridine rings is 1. The van der Waals surface area contributed by atoms with E-state index in [1.165, 1.54) is 0 Å². The highest BCUT2D eigenvalue weighted by atomic mass is 35.5. The highest BCUT2D eigenvalue weighted by Gasteiger charge is 2.22. The zero-order valence-corrected chi connectivity index (χ0v) is 11.0. The van der Waals surface area contributed by atoms with Gasteiger partial charge in [0.2, 0.25) is 0 Å². The Labute approximate surface area is 113 Å². The van der Waals surface area contributed by atoms with Crippen LogP contribution < -0.4 is 0 Å². The normalized spacial score (nSPS) is 14.5. The SMILES string of the molecule is O=C(O)c1c2c(nc3cc(Cl)ccc13)CCSC2. The first-order chi connectivity index (χ1) is 8.66. The third kappa shape index (κ3) is 1.85. The lowest BCUT2D eigenvalue weighted by Crippen LogP contribution is -2.13. The number of halogens is 1. The van der Waals surface area contributed by atoms with Gasteiger partial charge in [-0.3, -0.25) is 4.98 Å². The molecule has 3 rings (SSSR count). The van der Waals surface area contributed by atoms with Crippen LogP contribution in [0.1, 0.15) is 21.6 Å². The molecule has 0 unspecified atom stereocenters. The second kappa shape index (κ2) is 4.44. The second-order valence-electron chi connectivity index (χ2n) is 4.18. The van der Waals surface area contributed by atoms with Crippen molar-refractivity contribution in [3.63, 3.8) is 0 Å². The summed E-state index contributed by atoms with van der Waals surface area (Å²) in [7, 11) is 0. The first kappa shape index (κ1) is 11.8. The minimum absolute atomic E-state index is 0.388. The van der Waals surface area contributed by atoms with Crippen LogP contribution in [0.4, 0.5) is 0 Å². The van der Waals surface area contributed by atoms with E-state index in [-0.39, 0.29) is 0 Å². The molecule has 0 fully saturated rings. The molecule has 1 aromatic carbocycles. The highest BCUT2D eigenvalue weighted by molar-refractivity contribution is 7.98. The molecule has 0 radical (unpaired) electrons. The molecule has 0 bridgehead atoms. The van der Waals surface area contributed by atoms with Crippen LogP contribution in [-0.2, 0) is 12.2 Å². The summed E-state index contributed by atoms with van der Waals surface area (Å²) in [4.78, 5) is 16.1. The predicted molar refractivity (Wildman–Crippen MR) is 73.6 cm³/mol. The van der Waals surface area contributed by atoms with Gasteiger partial charge in [-0.05, 0) is 29.9 Å². The number of hydrogen-bond acceptors (Lipinski definition) is 3. The average Bonchev–Trinajstić information content (AvgIpc) is 2.35. The zero-order chi connectivity index (χ0) is 12.7. The molecule has 1 aromatic heterocycles. The molecule has 0 saturated carbocycles. The van der Waals surface area contributed by atoms with E-state index in [4.69, 9.17) is 11.6 Å². The van der Waals surface area contributed by atoms with Gasteiger partial charge in [0, 0.05) is 21.9 Å². The summed E-state index contributed by atoms with van der Waals surface area (Å²) < 4.78 is 0. The molecule has 1 aliphatic heterocycles. The summed E-state index contributed by atoms with van der Waals surface area (Å²) in [6, 6.07) is 5.18. The van der Waals surface area contributed by atoms with E-state index in [2.05, 4.69) is 4.98 Å². The molecule has 3 nitrogen and oxygen atoms in total. The topological polar surface area (TPSA) is 50.2 Å². The summed E-state index contributed by atoms with van der Waals surface area (Å²) in [5.41, 5.74) is 2.83. The molecule has 0 aliphatic carbocycles. The fourth-order valence-electron chi connectivity index (χ4n) is 2.28. The number of hydrogen-bond donors (Lipinski definition) is 1. The van der Waals surface area contributed by atoms with E-state index in [0.717, 1.165) is 29.2 Å². The number of rotatable bonds is 1. The zero-order valence-electron chi connectivity index (χ0n) is 9.44. The van der Waals surface area contributed by atoms with Crippen LogP contribution in [0.15, 0.2) is 18.2 Å². The standard InChI is InChI=1S/C13H10ClNO2S/c14-7-1-2-8-11(5-7)15-10-3-4-18-6-9(10)12(8)13(16)17/h1-2,5H,3-4,6H2,(H,16,17). The van der Waals surface area contributed by atoms with Gasteiger partial charge in [-0.2, -0.15) is 11.8 Å². The van der Waals surface area contributed by atoms with Crippen LogP contribution in [0.2, 0.25) is 5.02 Å². The van der Waals surface area contributed by atoms with Crippen molar-refractivity contribution in [2.45, 2.75) is 12.2 Å². The van der Waals surface area contributed by atoms with E-state index in [9.17, 15) is 9.90 Å². The molecule has 1 N–H and O–H groups in total. The van der Waals surface area contributed by atoms with Gasteiger partial charge >= 0.3 is 5.97 Å². The van der Waals surface area contributed by atoms with E-state index < -0.39 is 5.97 Å². The number of carbonyl (C=O) groups is 1. The molecule has 0 amide bonds. The average molecular weight is 280 g/mol. The third-order valence-electron chi connectivity index (χ3n) is 3.08. The quantitative estimate of drug-likeness (QED) is 0.869. The van der Waals surface area contributed by atoms with Crippen LogP contribution in [0.5, 0.6) is 0 Å². The fourth-order valence-corrected chi connectivity index (χ4v) is 3.44. The lowest BCUT2D eigenvalue weighted by molar-refractivity contribution is 0.0698. The number of carboxylic acids is 1. The monoisotopic (exact) mass is 279 g/mol. The van der Waals surface area contributed by atoms with Crippen LogP contribution in [0, 0.1) is 0 Å². The van der Waals surface area contributed by atoms with Gasteiger partial charge in [-0.1, -0.05) is 17.7 Å². The first-order valence-electron chi connectivity index (χ1n) is 5.59. The van der Waals surface area contributed by atoms with Gasteiger partial charge in [-0.25, -0.2) is 4.79 Å². The number of carboxylic acid groups (broad SMARTS) is 1. The van der Waals surface area contributed by atoms with Gasteiger partial charge < -0.3 is 5.11 Å². The van der Waals surface area contributed by atoms with Crippen molar-refractivity contribution in [3.05, 3.63) is 40.0 Å². The molecule has 5 heteroatoms. The Hall–Kier alpha value is -1.26. The number of nitrogens with zero attached hydrogens (tertiary/aromatic N) is 1. The van der Waals surface area contributed by atoms with Crippen molar-refractivity contribution in [3.8, 4) is 0 Å². The van der Waals surface area contributed by atoms with Gasteiger partial charge in [-0.15, -0.1) is 0 Å². The van der Waals surface area contributed by atoms with Crippen molar-refractivity contribution in [2.75, 3.05) is 5.75 Å². The second-order valence-corrected chi connectivity index (χ2v) is 5.72. The molecule has 0 saturated heterocycles. The van der Waals surface area contributed by atoms with E-state index in [0.29, 0.717) is 21.5 Å². The summed E-state index contributed by atoms with van der Waals surface area (Å²) in [5, 5.41) is 10.7. The van der Waals surface area contributed by atoms with E-state index >= 15 is 0 Å². The fraction of sp³-hybridized carbons (Fsp3) is 0.231. The minimum atomic E-state index is -0.886. The van der Waals surface area contributed by atoms with Crippen molar-refractivity contribution >= 4 is 40.2 Å². The van der Waals surface area contributed by atoms with E-state index in [1.54, 1.807) is 30.0 Å². The van der Waals surface area contributed by atoms with Crippen molar-refractivity contribution in [1.82, 2.24) is 4.98 Å². The summed E-state index contributed by atoms with van der Waals surface area (Å²) in [6.07, 6.45) is 0.822. The van der Waals surface area contributed by atoms with Crippen molar-refractivity contribution in [2.24, 2.45) is 0 Å². The van der Waals surface area contributed by atoms with E-state index in [1.807, 2.05) is 0 Å². The summed E-state index contributed by atoms with van der Waals surface area (Å²) >= 11 is 7.69. The van der Waals surface area contributed by atoms with Crippen molar-refractivity contribution in [1.29, 1.82) is 0 Å². The number of aryl methyl sites for hydroxylation is 1. The number of fused-ring (bicyclic) bond motifs is 2. The van der Waals surface area contributed by atoms with Gasteiger partial charge in [0.05, 0.1) is 11.1 Å². The van der Waals surface area contributed by atoms with Crippen LogP contribution in [0.3, 0.4) is 0 Å². The Morgan fingerprint density at radius 2 is 2.28 bits per heavy atom. The van der Waals surface area contributed by atoms with Crippen LogP contribution >= 0.6 is 23.4 Å². The van der Waals surface area contributed by atoms with Gasteiger partial charge in [0.1, 0.15) is 0 Å². The highest BCUT2D eigenvalue weighted by Crippen LogP contribution is 2.32. The number of benzene rings is 1. The molecular formula is C13H10ClNO2S. The number of aromatic carboxylic acids is 1. The maximum Gasteiger partial charge on any atom is 0.336 e. The smallest absolute Gasteiger partial charge is 0.336 e. The lowest BCUT2D eigenvalue weighted by Gasteiger charge is -2.18. The number of aromatic nitrogens is 1. The molecular weight excluding hydrogens is 270 g/mol. The molecule has 92 valence electrons. The maximum absolute atomic E-state index is 11.5. The summed E-state index contributed by atoms with van der Waals surface area (Å²) in [5.74, 6) is 0.830. The Bertz CT molecular complexity index is 657. The van der Waals surface area contributed by atoms with Gasteiger partial charge in [0.25, 0.3) is 0 Å². The largest absolute Gasteiger partial charge is 0.478 e. The predicted octanol–water partition coefficient (Wildman–Crippen LogP) is 3.38. The molecule has 2 aromatic rings. The van der Waals surface area contributed by atoms with Gasteiger partial charge in [0.15, 0.2) is 0 Å². The van der Waals surface area contributed by atoms with Crippen LogP contribution in [-0.4, -0.2) is 21.8 Å². The third-order valence-corrected chi connectivity index (χ3v) is 4.30. The Morgan fingerprint density at radius 1 is 1.44 bits per heavy atom. The number of thioether (sulfide) groups is 1. The minimum Gasteiger partial charge on any atom is -0.478 e. The first-order valence-corrected chi connectivity index (χ1v) is 7.12. The molecule has 0 spiro atoms. The summed E-state index contributed by atoms with van der Waals surface area (Å²) in [6.45, 7) is 0. The Kier molecular flexibility index (Phi) is 2.92. The Balaban J connectivity index is 2.40.